The molecular weight excluding hydrogens is 140 g/mol. The van der Waals surface area contributed by atoms with Gasteiger partial charge in [-0.2, -0.15) is 0 Å². The molecule has 0 aromatic carbocycles. The molecule has 0 saturated heterocycles. The first kappa shape index (κ1) is 7.83. The molecule has 1 rings (SSSR count). The molecule has 0 aliphatic rings. The van der Waals surface area contributed by atoms with Crippen molar-refractivity contribution in [3.8, 4) is 11.8 Å². The standard InChI is InChI=1S/C8H10N2O/c1-6-8(4-3-5-9)7(2)11-10-6/h5,9H2,1-2H3. The number of aromatic nitrogens is 1. The summed E-state index contributed by atoms with van der Waals surface area (Å²) >= 11 is 0. The lowest BCUT2D eigenvalue weighted by molar-refractivity contribution is 0.393. The Morgan fingerprint density at radius 2 is 2.27 bits per heavy atom. The van der Waals surface area contributed by atoms with Crippen LogP contribution < -0.4 is 5.73 Å². The van der Waals surface area contributed by atoms with Gasteiger partial charge in [0.15, 0.2) is 0 Å². The Hall–Kier alpha value is -1.27. The molecule has 0 bridgehead atoms. The summed E-state index contributed by atoms with van der Waals surface area (Å²) in [5.74, 6) is 6.39. The van der Waals surface area contributed by atoms with Crippen LogP contribution in [0, 0.1) is 25.7 Å². The van der Waals surface area contributed by atoms with Crippen LogP contribution >= 0.6 is 0 Å². The molecule has 3 heteroatoms. The number of hydrogen-bond acceptors (Lipinski definition) is 3. The second-order valence-electron chi connectivity index (χ2n) is 2.21. The van der Waals surface area contributed by atoms with Crippen LogP contribution in [0.1, 0.15) is 17.0 Å². The number of nitrogens with two attached hydrogens (primary N) is 1. The van der Waals surface area contributed by atoms with Crippen molar-refractivity contribution in [1.82, 2.24) is 5.16 Å². The van der Waals surface area contributed by atoms with Crippen LogP contribution in [-0.4, -0.2) is 11.7 Å². The predicted molar refractivity (Wildman–Crippen MR) is 41.9 cm³/mol. The van der Waals surface area contributed by atoms with Crippen molar-refractivity contribution in [2.45, 2.75) is 13.8 Å². The van der Waals surface area contributed by atoms with Gasteiger partial charge in [-0.15, -0.1) is 0 Å². The molecule has 1 aromatic heterocycles. The van der Waals surface area contributed by atoms with E-state index in [0.717, 1.165) is 17.0 Å². The second-order valence-corrected chi connectivity index (χ2v) is 2.21. The van der Waals surface area contributed by atoms with Gasteiger partial charge in [-0.1, -0.05) is 17.0 Å². The molecule has 3 nitrogen and oxygen atoms in total. The predicted octanol–water partition coefficient (Wildman–Crippen LogP) is 0.602. The molecule has 1 heterocycles. The van der Waals surface area contributed by atoms with Gasteiger partial charge in [-0.05, 0) is 13.8 Å². The van der Waals surface area contributed by atoms with E-state index in [-0.39, 0.29) is 0 Å². The Morgan fingerprint density at radius 3 is 2.73 bits per heavy atom. The minimum atomic E-state index is 0.365. The van der Waals surface area contributed by atoms with Crippen molar-refractivity contribution in [3.05, 3.63) is 17.0 Å². The van der Waals surface area contributed by atoms with Gasteiger partial charge in [0.1, 0.15) is 5.76 Å². The van der Waals surface area contributed by atoms with Gasteiger partial charge in [0.05, 0.1) is 17.8 Å². The average molecular weight is 150 g/mol. The van der Waals surface area contributed by atoms with E-state index in [1.807, 2.05) is 13.8 Å². The molecular formula is C8H10N2O. The molecule has 0 spiro atoms. The van der Waals surface area contributed by atoms with Crippen LogP contribution in [0.15, 0.2) is 4.52 Å². The summed E-state index contributed by atoms with van der Waals surface area (Å²) in [4.78, 5) is 0. The van der Waals surface area contributed by atoms with E-state index in [0.29, 0.717) is 6.54 Å². The zero-order valence-electron chi connectivity index (χ0n) is 6.64. The summed E-state index contributed by atoms with van der Waals surface area (Å²) in [7, 11) is 0. The molecule has 0 amide bonds. The topological polar surface area (TPSA) is 52.0 Å². The number of aryl methyl sites for hydroxylation is 2. The summed E-state index contributed by atoms with van der Waals surface area (Å²) in [6.07, 6.45) is 0. The molecule has 2 N–H and O–H groups in total. The highest BCUT2D eigenvalue weighted by Gasteiger charge is 2.03. The quantitative estimate of drug-likeness (QED) is 0.551. The van der Waals surface area contributed by atoms with E-state index in [1.165, 1.54) is 0 Å². The van der Waals surface area contributed by atoms with Crippen molar-refractivity contribution in [2.75, 3.05) is 6.54 Å². The lowest BCUT2D eigenvalue weighted by Crippen LogP contribution is -1.93. The maximum atomic E-state index is 5.22. The molecule has 0 aliphatic heterocycles. The highest BCUT2D eigenvalue weighted by molar-refractivity contribution is 5.39. The smallest absolute Gasteiger partial charge is 0.149 e. The fourth-order valence-corrected chi connectivity index (χ4v) is 0.801. The largest absolute Gasteiger partial charge is 0.360 e. The molecule has 1 aromatic rings. The van der Waals surface area contributed by atoms with Gasteiger partial charge < -0.3 is 10.3 Å². The maximum absolute atomic E-state index is 5.22. The summed E-state index contributed by atoms with van der Waals surface area (Å²) in [5, 5.41) is 3.75. The van der Waals surface area contributed by atoms with Gasteiger partial charge in [0.2, 0.25) is 0 Å². The van der Waals surface area contributed by atoms with Crippen molar-refractivity contribution < 1.29 is 4.52 Å². The van der Waals surface area contributed by atoms with Gasteiger partial charge in [-0.3, -0.25) is 0 Å². The number of nitrogens with zero attached hydrogens (tertiary/aromatic N) is 1. The molecule has 0 unspecified atom stereocenters. The molecule has 58 valence electrons. The van der Waals surface area contributed by atoms with Gasteiger partial charge in [0, 0.05) is 0 Å². The first-order valence-corrected chi connectivity index (χ1v) is 3.37. The molecule has 0 fully saturated rings. The Morgan fingerprint density at radius 1 is 1.55 bits per heavy atom. The van der Waals surface area contributed by atoms with Crippen LogP contribution in [0.5, 0.6) is 0 Å². The first-order valence-electron chi connectivity index (χ1n) is 3.37. The van der Waals surface area contributed by atoms with E-state index < -0.39 is 0 Å². The van der Waals surface area contributed by atoms with Gasteiger partial charge >= 0.3 is 0 Å². The normalized spacial score (nSPS) is 9.00. The van der Waals surface area contributed by atoms with E-state index in [1.54, 1.807) is 0 Å². The monoisotopic (exact) mass is 150 g/mol. The zero-order chi connectivity index (χ0) is 8.27. The Kier molecular flexibility index (Phi) is 2.29. The molecule has 0 radical (unpaired) electrons. The minimum absolute atomic E-state index is 0.365. The van der Waals surface area contributed by atoms with E-state index in [4.69, 9.17) is 10.3 Å². The fourth-order valence-electron chi connectivity index (χ4n) is 0.801. The van der Waals surface area contributed by atoms with Gasteiger partial charge in [-0.25, -0.2) is 0 Å². The summed E-state index contributed by atoms with van der Waals surface area (Å²) in [6, 6.07) is 0. The van der Waals surface area contributed by atoms with Crippen LogP contribution in [0.2, 0.25) is 0 Å². The lowest BCUT2D eigenvalue weighted by Gasteiger charge is -1.82. The average Bonchev–Trinajstić information content (AvgIpc) is 2.29. The lowest BCUT2D eigenvalue weighted by atomic mass is 10.2. The van der Waals surface area contributed by atoms with Crippen LogP contribution in [0.3, 0.4) is 0 Å². The molecule has 0 atom stereocenters. The second kappa shape index (κ2) is 3.22. The first-order chi connectivity index (χ1) is 5.25. The SMILES string of the molecule is Cc1noc(C)c1C#CCN. The summed E-state index contributed by atoms with van der Waals surface area (Å²) in [6.45, 7) is 4.06. The summed E-state index contributed by atoms with van der Waals surface area (Å²) in [5.41, 5.74) is 6.90. The highest BCUT2D eigenvalue weighted by atomic mass is 16.5. The van der Waals surface area contributed by atoms with E-state index in [9.17, 15) is 0 Å². The number of hydrogen-bond donors (Lipinski definition) is 1. The van der Waals surface area contributed by atoms with Crippen molar-refractivity contribution in [3.63, 3.8) is 0 Å². The molecule has 0 saturated carbocycles. The van der Waals surface area contributed by atoms with E-state index in [2.05, 4.69) is 17.0 Å². The minimum Gasteiger partial charge on any atom is -0.360 e. The van der Waals surface area contributed by atoms with Crippen molar-refractivity contribution >= 4 is 0 Å². The van der Waals surface area contributed by atoms with Gasteiger partial charge in [0.25, 0.3) is 0 Å². The third kappa shape index (κ3) is 1.60. The Balaban J connectivity index is 3.01. The maximum Gasteiger partial charge on any atom is 0.149 e. The van der Waals surface area contributed by atoms with Crippen molar-refractivity contribution in [1.29, 1.82) is 0 Å². The molecule has 0 aliphatic carbocycles. The Labute approximate surface area is 65.6 Å². The van der Waals surface area contributed by atoms with Crippen LogP contribution in [0.4, 0.5) is 0 Å². The van der Waals surface area contributed by atoms with Crippen LogP contribution in [0.25, 0.3) is 0 Å². The van der Waals surface area contributed by atoms with Crippen LogP contribution in [-0.2, 0) is 0 Å². The van der Waals surface area contributed by atoms with Crippen molar-refractivity contribution in [2.24, 2.45) is 5.73 Å². The molecule has 11 heavy (non-hydrogen) atoms. The summed E-state index contributed by atoms with van der Waals surface area (Å²) < 4.78 is 4.90. The number of rotatable bonds is 0. The third-order valence-corrected chi connectivity index (χ3v) is 1.35. The fraction of sp³-hybridized carbons (Fsp3) is 0.375. The highest BCUT2D eigenvalue weighted by Crippen LogP contribution is 2.09. The van der Waals surface area contributed by atoms with E-state index >= 15 is 0 Å². The third-order valence-electron chi connectivity index (χ3n) is 1.35. The zero-order valence-corrected chi connectivity index (χ0v) is 6.64. The Bertz CT molecular complexity index is 284.